The van der Waals surface area contributed by atoms with Gasteiger partial charge in [-0.3, -0.25) is 0 Å². The van der Waals surface area contributed by atoms with Gasteiger partial charge in [0.1, 0.15) is 5.82 Å². The molecule has 1 N–H and O–H groups in total. The van der Waals surface area contributed by atoms with Crippen LogP contribution in [0, 0.1) is 0 Å². The number of anilines is 1. The van der Waals surface area contributed by atoms with Crippen molar-refractivity contribution in [2.45, 2.75) is 0 Å². The molecule has 3 nitrogen and oxygen atoms in total. The average Bonchev–Trinajstić information content (AvgIpc) is 2.94. The number of piperazine rings is 1. The molecule has 3 rings (SSSR count). The van der Waals surface area contributed by atoms with E-state index in [1.54, 1.807) is 11.3 Å². The van der Waals surface area contributed by atoms with Crippen molar-refractivity contribution in [3.8, 4) is 11.3 Å². The maximum atomic E-state index is 4.74. The van der Waals surface area contributed by atoms with Crippen molar-refractivity contribution in [2.75, 3.05) is 31.1 Å². The Labute approximate surface area is 105 Å². The van der Waals surface area contributed by atoms with Crippen molar-refractivity contribution in [3.63, 3.8) is 0 Å². The first-order valence-electron chi connectivity index (χ1n) is 5.89. The van der Waals surface area contributed by atoms with Crippen LogP contribution in [0.1, 0.15) is 0 Å². The molecule has 17 heavy (non-hydrogen) atoms. The molecule has 3 heterocycles. The molecule has 0 atom stereocenters. The van der Waals surface area contributed by atoms with E-state index >= 15 is 0 Å². The molecule has 1 saturated heterocycles. The largest absolute Gasteiger partial charge is 0.354 e. The Kier molecular flexibility index (Phi) is 3.07. The number of nitrogens with one attached hydrogen (secondary N) is 1. The third-order valence-electron chi connectivity index (χ3n) is 2.99. The number of hydrogen-bond acceptors (Lipinski definition) is 4. The van der Waals surface area contributed by atoms with E-state index in [2.05, 4.69) is 45.2 Å². The Morgan fingerprint density at radius 2 is 2.06 bits per heavy atom. The van der Waals surface area contributed by atoms with Gasteiger partial charge < -0.3 is 10.2 Å². The van der Waals surface area contributed by atoms with Crippen molar-refractivity contribution < 1.29 is 0 Å². The molecule has 0 bridgehead atoms. The van der Waals surface area contributed by atoms with Crippen LogP contribution in [0.2, 0.25) is 0 Å². The van der Waals surface area contributed by atoms with Gasteiger partial charge in [0, 0.05) is 37.1 Å². The summed E-state index contributed by atoms with van der Waals surface area (Å²) in [7, 11) is 0. The lowest BCUT2D eigenvalue weighted by Gasteiger charge is -2.28. The van der Waals surface area contributed by atoms with Crippen molar-refractivity contribution in [3.05, 3.63) is 35.0 Å². The number of hydrogen-bond donors (Lipinski definition) is 1. The van der Waals surface area contributed by atoms with Crippen molar-refractivity contribution in [2.24, 2.45) is 0 Å². The molecule has 4 heteroatoms. The van der Waals surface area contributed by atoms with Gasteiger partial charge in [0.15, 0.2) is 0 Å². The molecule has 2 aromatic rings. The van der Waals surface area contributed by atoms with Crippen molar-refractivity contribution in [1.82, 2.24) is 10.3 Å². The minimum absolute atomic E-state index is 1.04. The van der Waals surface area contributed by atoms with E-state index in [-0.39, 0.29) is 0 Å². The Bertz CT molecular complexity index is 475. The molecule has 0 saturated carbocycles. The zero-order chi connectivity index (χ0) is 11.5. The lowest BCUT2D eigenvalue weighted by Crippen LogP contribution is -2.43. The molecule has 0 unspecified atom stereocenters. The summed E-state index contributed by atoms with van der Waals surface area (Å²) in [6.45, 7) is 4.18. The standard InChI is InChI=1S/C13H15N3S/c1-2-12(11-4-9-17-10-11)15-13(3-1)16-7-5-14-6-8-16/h1-4,9-10,14H,5-8H2. The molecule has 1 fully saturated rings. The first-order valence-corrected chi connectivity index (χ1v) is 6.83. The monoisotopic (exact) mass is 245 g/mol. The second-order valence-corrected chi connectivity index (χ2v) is 4.91. The summed E-state index contributed by atoms with van der Waals surface area (Å²) in [6, 6.07) is 8.39. The van der Waals surface area contributed by atoms with Crippen LogP contribution in [0.3, 0.4) is 0 Å². The fraction of sp³-hybridized carbons (Fsp3) is 0.308. The molecule has 1 aliphatic heterocycles. The highest BCUT2D eigenvalue weighted by Crippen LogP contribution is 2.22. The van der Waals surface area contributed by atoms with Gasteiger partial charge in [-0.1, -0.05) is 6.07 Å². The van der Waals surface area contributed by atoms with Gasteiger partial charge in [-0.15, -0.1) is 0 Å². The minimum atomic E-state index is 1.04. The van der Waals surface area contributed by atoms with Crippen LogP contribution in [0.4, 0.5) is 5.82 Å². The summed E-state index contributed by atoms with van der Waals surface area (Å²) in [5.74, 6) is 1.09. The molecule has 2 aromatic heterocycles. The predicted octanol–water partition coefficient (Wildman–Crippen LogP) is 2.22. The highest BCUT2D eigenvalue weighted by molar-refractivity contribution is 7.08. The van der Waals surface area contributed by atoms with E-state index in [9.17, 15) is 0 Å². The highest BCUT2D eigenvalue weighted by atomic mass is 32.1. The Hall–Kier alpha value is -1.39. The van der Waals surface area contributed by atoms with Gasteiger partial charge in [0.05, 0.1) is 5.69 Å². The van der Waals surface area contributed by atoms with Crippen LogP contribution in [0.5, 0.6) is 0 Å². The van der Waals surface area contributed by atoms with E-state index < -0.39 is 0 Å². The van der Waals surface area contributed by atoms with Crippen LogP contribution < -0.4 is 10.2 Å². The van der Waals surface area contributed by atoms with Crippen LogP contribution >= 0.6 is 11.3 Å². The van der Waals surface area contributed by atoms with Gasteiger partial charge in [0.25, 0.3) is 0 Å². The third-order valence-corrected chi connectivity index (χ3v) is 3.68. The number of pyridine rings is 1. The van der Waals surface area contributed by atoms with Gasteiger partial charge in [-0.25, -0.2) is 4.98 Å². The normalized spacial score (nSPS) is 16.1. The molecular formula is C13H15N3S. The van der Waals surface area contributed by atoms with E-state index in [4.69, 9.17) is 4.98 Å². The maximum Gasteiger partial charge on any atom is 0.129 e. The second-order valence-electron chi connectivity index (χ2n) is 4.13. The molecule has 88 valence electrons. The number of aromatic nitrogens is 1. The summed E-state index contributed by atoms with van der Waals surface area (Å²) in [6.07, 6.45) is 0. The second kappa shape index (κ2) is 4.85. The van der Waals surface area contributed by atoms with Gasteiger partial charge >= 0.3 is 0 Å². The summed E-state index contributed by atoms with van der Waals surface area (Å²) >= 11 is 1.71. The molecule has 0 amide bonds. The molecule has 0 spiro atoms. The first kappa shape index (κ1) is 10.7. The highest BCUT2D eigenvalue weighted by Gasteiger charge is 2.12. The van der Waals surface area contributed by atoms with Crippen LogP contribution in [0.15, 0.2) is 35.0 Å². The third kappa shape index (κ3) is 2.33. The first-order chi connectivity index (χ1) is 8.43. The summed E-state index contributed by atoms with van der Waals surface area (Å²) < 4.78 is 0. The topological polar surface area (TPSA) is 28.2 Å². The minimum Gasteiger partial charge on any atom is -0.354 e. The number of nitrogens with zero attached hydrogens (tertiary/aromatic N) is 2. The maximum absolute atomic E-state index is 4.74. The van der Waals surface area contributed by atoms with Crippen LogP contribution in [-0.4, -0.2) is 31.2 Å². The van der Waals surface area contributed by atoms with Crippen LogP contribution in [-0.2, 0) is 0 Å². The Morgan fingerprint density at radius 3 is 2.82 bits per heavy atom. The van der Waals surface area contributed by atoms with Crippen molar-refractivity contribution >= 4 is 17.2 Å². The SMILES string of the molecule is c1cc(-c2ccsc2)nc(N2CCNCC2)c1. The Morgan fingerprint density at radius 1 is 1.18 bits per heavy atom. The lowest BCUT2D eigenvalue weighted by molar-refractivity contribution is 0.585. The number of rotatable bonds is 2. The van der Waals surface area contributed by atoms with E-state index in [0.29, 0.717) is 0 Å². The molecule has 0 aliphatic carbocycles. The zero-order valence-electron chi connectivity index (χ0n) is 9.60. The quantitative estimate of drug-likeness (QED) is 0.879. The van der Waals surface area contributed by atoms with E-state index in [1.807, 2.05) is 0 Å². The van der Waals surface area contributed by atoms with Crippen LogP contribution in [0.25, 0.3) is 11.3 Å². The summed E-state index contributed by atoms with van der Waals surface area (Å²) in [5, 5.41) is 7.59. The van der Waals surface area contributed by atoms with Gasteiger partial charge in [0.2, 0.25) is 0 Å². The smallest absolute Gasteiger partial charge is 0.129 e. The van der Waals surface area contributed by atoms with Gasteiger partial charge in [-0.2, -0.15) is 11.3 Å². The van der Waals surface area contributed by atoms with Gasteiger partial charge in [-0.05, 0) is 23.6 Å². The van der Waals surface area contributed by atoms with E-state index in [0.717, 1.165) is 37.7 Å². The molecule has 0 aromatic carbocycles. The molecular weight excluding hydrogens is 230 g/mol. The molecule has 1 aliphatic rings. The van der Waals surface area contributed by atoms with E-state index in [1.165, 1.54) is 5.56 Å². The average molecular weight is 245 g/mol. The summed E-state index contributed by atoms with van der Waals surface area (Å²) in [5.41, 5.74) is 2.29. The summed E-state index contributed by atoms with van der Waals surface area (Å²) in [4.78, 5) is 7.08. The number of thiophene rings is 1. The fourth-order valence-corrected chi connectivity index (χ4v) is 2.71. The Balaban J connectivity index is 1.88. The predicted molar refractivity (Wildman–Crippen MR) is 72.6 cm³/mol. The zero-order valence-corrected chi connectivity index (χ0v) is 10.4. The molecule has 0 radical (unpaired) electrons. The lowest BCUT2D eigenvalue weighted by atomic mass is 10.2. The fourth-order valence-electron chi connectivity index (χ4n) is 2.06. The van der Waals surface area contributed by atoms with Crippen molar-refractivity contribution in [1.29, 1.82) is 0 Å².